The van der Waals surface area contributed by atoms with Crippen LogP contribution in [-0.4, -0.2) is 29.3 Å². The Kier molecular flexibility index (Phi) is 4.04. The molecule has 0 aromatic heterocycles. The third-order valence-electron chi connectivity index (χ3n) is 3.55. The molecule has 1 atom stereocenters. The molecule has 0 fully saturated rings. The molecule has 0 saturated carbocycles. The zero-order chi connectivity index (χ0) is 14.0. The lowest BCUT2D eigenvalue weighted by Crippen LogP contribution is -2.37. The number of aromatic hydroxyl groups is 1. The third kappa shape index (κ3) is 3.21. The molecule has 2 rings (SSSR count). The van der Waals surface area contributed by atoms with Crippen molar-refractivity contribution in [1.29, 1.82) is 0 Å². The van der Waals surface area contributed by atoms with Crippen molar-refractivity contribution in [1.82, 2.24) is 4.90 Å². The van der Waals surface area contributed by atoms with Crippen LogP contribution < -0.4 is 0 Å². The Morgan fingerprint density at radius 2 is 2.11 bits per heavy atom. The van der Waals surface area contributed by atoms with Crippen LogP contribution in [0.2, 0.25) is 0 Å². The summed E-state index contributed by atoms with van der Waals surface area (Å²) in [6.07, 6.45) is -2.22. The summed E-state index contributed by atoms with van der Waals surface area (Å²) in [5.74, 6) is 0.198. The Balaban J connectivity index is 2.24. The van der Waals surface area contributed by atoms with E-state index in [1.54, 1.807) is 12.1 Å². The monoisotopic (exact) mass is 273 g/mol. The normalized spacial score (nSPS) is 18.9. The molecular formula is C14H18F3NO. The van der Waals surface area contributed by atoms with Gasteiger partial charge in [-0.1, -0.05) is 19.1 Å². The number of phenolic OH excluding ortho intramolecular Hbond substituents is 1. The van der Waals surface area contributed by atoms with Crippen LogP contribution in [0.15, 0.2) is 18.2 Å². The molecule has 1 aromatic carbocycles. The van der Waals surface area contributed by atoms with E-state index in [4.69, 9.17) is 0 Å². The molecule has 0 heterocycles. The molecule has 2 nitrogen and oxygen atoms in total. The number of phenols is 1. The predicted octanol–water partition coefficient (Wildman–Crippen LogP) is 3.65. The van der Waals surface area contributed by atoms with Gasteiger partial charge >= 0.3 is 6.18 Å². The van der Waals surface area contributed by atoms with E-state index < -0.39 is 12.7 Å². The molecule has 0 bridgehead atoms. The van der Waals surface area contributed by atoms with Crippen molar-refractivity contribution in [2.75, 3.05) is 13.1 Å². The van der Waals surface area contributed by atoms with Gasteiger partial charge in [0.25, 0.3) is 0 Å². The Morgan fingerprint density at radius 3 is 2.74 bits per heavy atom. The van der Waals surface area contributed by atoms with E-state index in [2.05, 4.69) is 0 Å². The minimum absolute atomic E-state index is 0.198. The maximum Gasteiger partial charge on any atom is 0.401 e. The Hall–Kier alpha value is -1.23. The highest BCUT2D eigenvalue weighted by molar-refractivity contribution is 5.44. The van der Waals surface area contributed by atoms with Gasteiger partial charge in [-0.25, -0.2) is 0 Å². The molecule has 106 valence electrons. The topological polar surface area (TPSA) is 23.5 Å². The average Bonchev–Trinajstić information content (AvgIpc) is 2.72. The van der Waals surface area contributed by atoms with Gasteiger partial charge in [0, 0.05) is 6.04 Å². The zero-order valence-corrected chi connectivity index (χ0v) is 10.9. The maximum absolute atomic E-state index is 12.6. The summed E-state index contributed by atoms with van der Waals surface area (Å²) in [6, 6.07) is 4.88. The van der Waals surface area contributed by atoms with Crippen LogP contribution in [-0.2, 0) is 6.42 Å². The fourth-order valence-electron chi connectivity index (χ4n) is 2.86. The Morgan fingerprint density at radius 1 is 1.37 bits per heavy atom. The highest BCUT2D eigenvalue weighted by atomic mass is 19.4. The lowest BCUT2D eigenvalue weighted by Gasteiger charge is -2.30. The quantitative estimate of drug-likeness (QED) is 0.905. The van der Waals surface area contributed by atoms with Crippen molar-refractivity contribution in [2.24, 2.45) is 0 Å². The molecular weight excluding hydrogens is 255 g/mol. The minimum atomic E-state index is -4.19. The van der Waals surface area contributed by atoms with E-state index in [1.165, 1.54) is 4.90 Å². The van der Waals surface area contributed by atoms with Crippen molar-refractivity contribution in [3.8, 4) is 5.75 Å². The van der Waals surface area contributed by atoms with Gasteiger partial charge in [0.05, 0.1) is 6.54 Å². The first-order valence-electron chi connectivity index (χ1n) is 6.54. The molecule has 0 spiro atoms. The molecule has 0 radical (unpaired) electrons. The van der Waals surface area contributed by atoms with Crippen LogP contribution in [0.1, 0.15) is 36.9 Å². The molecule has 5 heteroatoms. The van der Waals surface area contributed by atoms with Crippen molar-refractivity contribution in [2.45, 2.75) is 38.4 Å². The van der Waals surface area contributed by atoms with Gasteiger partial charge in [0.2, 0.25) is 0 Å². The van der Waals surface area contributed by atoms with Gasteiger partial charge in [-0.15, -0.1) is 0 Å². The van der Waals surface area contributed by atoms with Gasteiger partial charge in [0.15, 0.2) is 0 Å². The number of hydrogen-bond donors (Lipinski definition) is 1. The van der Waals surface area contributed by atoms with Gasteiger partial charge in [-0.05, 0) is 43.0 Å². The number of hydrogen-bond acceptors (Lipinski definition) is 2. The van der Waals surface area contributed by atoms with Crippen LogP contribution in [0.3, 0.4) is 0 Å². The number of rotatable bonds is 4. The molecule has 19 heavy (non-hydrogen) atoms. The summed E-state index contributed by atoms with van der Waals surface area (Å²) in [5.41, 5.74) is 1.65. The summed E-state index contributed by atoms with van der Waals surface area (Å²) >= 11 is 0. The molecule has 1 unspecified atom stereocenters. The lowest BCUT2D eigenvalue weighted by molar-refractivity contribution is -0.151. The second kappa shape index (κ2) is 5.41. The van der Waals surface area contributed by atoms with Crippen LogP contribution in [0.4, 0.5) is 13.2 Å². The first kappa shape index (κ1) is 14.2. The van der Waals surface area contributed by atoms with Crippen molar-refractivity contribution >= 4 is 0 Å². The van der Waals surface area contributed by atoms with Crippen molar-refractivity contribution in [3.63, 3.8) is 0 Å². The second-order valence-electron chi connectivity index (χ2n) is 4.99. The summed E-state index contributed by atoms with van der Waals surface area (Å²) in [4.78, 5) is 1.48. The molecule has 1 aromatic rings. The molecule has 1 aliphatic carbocycles. The van der Waals surface area contributed by atoms with E-state index >= 15 is 0 Å². The highest BCUT2D eigenvalue weighted by Gasteiger charge is 2.36. The number of halogens is 3. The van der Waals surface area contributed by atoms with Crippen molar-refractivity contribution < 1.29 is 18.3 Å². The minimum Gasteiger partial charge on any atom is -0.508 e. The lowest BCUT2D eigenvalue weighted by atomic mass is 10.1. The van der Waals surface area contributed by atoms with E-state index in [1.807, 2.05) is 13.0 Å². The molecule has 0 amide bonds. The van der Waals surface area contributed by atoms with E-state index in [9.17, 15) is 18.3 Å². The van der Waals surface area contributed by atoms with Gasteiger partial charge < -0.3 is 5.11 Å². The number of fused-ring (bicyclic) bond motifs is 1. The van der Waals surface area contributed by atoms with Gasteiger partial charge in [-0.2, -0.15) is 13.2 Å². The van der Waals surface area contributed by atoms with E-state index in [-0.39, 0.29) is 11.8 Å². The fourth-order valence-corrected chi connectivity index (χ4v) is 2.86. The summed E-state index contributed by atoms with van der Waals surface area (Å²) in [6.45, 7) is 1.40. The number of benzene rings is 1. The third-order valence-corrected chi connectivity index (χ3v) is 3.55. The first-order chi connectivity index (χ1) is 8.92. The first-order valence-corrected chi connectivity index (χ1v) is 6.54. The second-order valence-corrected chi connectivity index (χ2v) is 4.99. The summed E-state index contributed by atoms with van der Waals surface area (Å²) < 4.78 is 37.9. The number of alkyl halides is 3. The average molecular weight is 273 g/mol. The van der Waals surface area contributed by atoms with Gasteiger partial charge in [0.1, 0.15) is 5.75 Å². The largest absolute Gasteiger partial charge is 0.508 e. The molecule has 0 saturated heterocycles. The molecule has 0 aliphatic heterocycles. The Bertz CT molecular complexity index is 445. The summed E-state index contributed by atoms with van der Waals surface area (Å²) in [5, 5.41) is 9.75. The smallest absolute Gasteiger partial charge is 0.401 e. The SMILES string of the molecule is CCCN(CC(F)(F)F)C1CCc2c(O)cccc21. The highest BCUT2D eigenvalue weighted by Crippen LogP contribution is 2.40. The predicted molar refractivity (Wildman–Crippen MR) is 67.1 cm³/mol. The van der Waals surface area contributed by atoms with E-state index in [0.29, 0.717) is 25.8 Å². The summed E-state index contributed by atoms with van der Waals surface area (Å²) in [7, 11) is 0. The van der Waals surface area contributed by atoms with E-state index in [0.717, 1.165) is 11.1 Å². The Labute approximate surface area is 110 Å². The standard InChI is InChI=1S/C14H18F3NO/c1-2-8-18(9-14(15,16)17)12-7-6-11-10(12)4-3-5-13(11)19/h3-5,12,19H,2,6-9H2,1H3. The zero-order valence-electron chi connectivity index (χ0n) is 10.9. The van der Waals surface area contributed by atoms with Crippen LogP contribution in [0.25, 0.3) is 0 Å². The molecule has 1 aliphatic rings. The van der Waals surface area contributed by atoms with Crippen LogP contribution in [0, 0.1) is 0 Å². The number of nitrogens with zero attached hydrogens (tertiary/aromatic N) is 1. The van der Waals surface area contributed by atoms with Crippen molar-refractivity contribution in [3.05, 3.63) is 29.3 Å². The fraction of sp³-hybridized carbons (Fsp3) is 0.571. The molecule has 1 N–H and O–H groups in total. The van der Waals surface area contributed by atoms with Crippen LogP contribution in [0.5, 0.6) is 5.75 Å². The van der Waals surface area contributed by atoms with Gasteiger partial charge in [-0.3, -0.25) is 4.90 Å². The maximum atomic E-state index is 12.6. The van der Waals surface area contributed by atoms with Crippen LogP contribution >= 0.6 is 0 Å².